The molecule has 0 aliphatic carbocycles. The standard InChI is InChI=1S/C19H23N3O2S/c1-12-9-14(19(2,3)4)18(23)17(10-12)22-20-15-8-7-13(24-25(5)6)11-16(15)21-22/h7-11,23H,5H2,1-4,6H3. The van der Waals surface area contributed by atoms with Gasteiger partial charge in [-0.05, 0) is 52.7 Å². The Labute approximate surface area is 150 Å². The van der Waals surface area contributed by atoms with Crippen LogP contribution in [0.4, 0.5) is 0 Å². The van der Waals surface area contributed by atoms with Crippen molar-refractivity contribution < 1.29 is 9.29 Å². The van der Waals surface area contributed by atoms with E-state index in [9.17, 15) is 5.11 Å². The highest BCUT2D eigenvalue weighted by molar-refractivity contribution is 8.09. The number of benzene rings is 2. The summed E-state index contributed by atoms with van der Waals surface area (Å²) in [5.74, 6) is 4.77. The fourth-order valence-corrected chi connectivity index (χ4v) is 3.13. The molecule has 2 aromatic carbocycles. The minimum atomic E-state index is -0.403. The van der Waals surface area contributed by atoms with Gasteiger partial charge in [-0.3, -0.25) is 0 Å². The Kier molecular flexibility index (Phi) is 4.33. The van der Waals surface area contributed by atoms with Gasteiger partial charge in [0.05, 0.1) is 0 Å². The molecule has 0 fully saturated rings. The van der Waals surface area contributed by atoms with Crippen LogP contribution in [-0.2, 0) is 5.41 Å². The Hall–Kier alpha value is -2.34. The number of hydrogen-bond acceptors (Lipinski definition) is 4. The molecule has 5 nitrogen and oxygen atoms in total. The molecule has 0 bridgehead atoms. The van der Waals surface area contributed by atoms with E-state index in [-0.39, 0.29) is 11.2 Å². The van der Waals surface area contributed by atoms with Crippen molar-refractivity contribution in [1.29, 1.82) is 0 Å². The molecule has 3 rings (SSSR count). The van der Waals surface area contributed by atoms with Crippen LogP contribution >= 0.6 is 10.8 Å². The van der Waals surface area contributed by atoms with Gasteiger partial charge in [-0.2, -0.15) is 0 Å². The van der Waals surface area contributed by atoms with Gasteiger partial charge in [-0.1, -0.05) is 26.8 Å². The average molecular weight is 357 g/mol. The van der Waals surface area contributed by atoms with Crippen molar-refractivity contribution >= 4 is 27.7 Å². The molecule has 25 heavy (non-hydrogen) atoms. The highest BCUT2D eigenvalue weighted by atomic mass is 32.2. The van der Waals surface area contributed by atoms with E-state index in [1.807, 2.05) is 43.5 Å². The van der Waals surface area contributed by atoms with Gasteiger partial charge in [-0.25, -0.2) is 0 Å². The number of rotatable bonds is 3. The Morgan fingerprint density at radius 3 is 2.44 bits per heavy atom. The number of phenolic OH excluding ortho intramolecular Hbond substituents is 1. The predicted molar refractivity (Wildman–Crippen MR) is 105 cm³/mol. The van der Waals surface area contributed by atoms with Crippen LogP contribution in [0.25, 0.3) is 16.7 Å². The summed E-state index contributed by atoms with van der Waals surface area (Å²) in [4.78, 5) is 1.49. The predicted octanol–water partition coefficient (Wildman–Crippen LogP) is 4.36. The Morgan fingerprint density at radius 1 is 1.12 bits per heavy atom. The van der Waals surface area contributed by atoms with Crippen molar-refractivity contribution in [2.75, 3.05) is 6.26 Å². The molecule has 3 aromatic rings. The molecule has 1 N–H and O–H groups in total. The second-order valence-corrected chi connectivity index (χ2v) is 8.54. The summed E-state index contributed by atoms with van der Waals surface area (Å²) < 4.78 is 5.63. The topological polar surface area (TPSA) is 60.2 Å². The number of fused-ring (bicyclic) bond motifs is 1. The largest absolute Gasteiger partial charge is 0.505 e. The van der Waals surface area contributed by atoms with Crippen LogP contribution in [0.2, 0.25) is 0 Å². The second-order valence-electron chi connectivity index (χ2n) is 7.23. The third-order valence-corrected chi connectivity index (χ3v) is 4.32. The normalized spacial score (nSPS) is 13.2. The summed E-state index contributed by atoms with van der Waals surface area (Å²) in [7, 11) is -0.403. The van der Waals surface area contributed by atoms with Gasteiger partial charge in [0.2, 0.25) is 0 Å². The van der Waals surface area contributed by atoms with E-state index in [2.05, 4.69) is 36.8 Å². The highest BCUT2D eigenvalue weighted by Gasteiger charge is 2.22. The third-order valence-electron chi connectivity index (χ3n) is 3.85. The Balaban J connectivity index is 2.13. The van der Waals surface area contributed by atoms with Crippen LogP contribution in [0.5, 0.6) is 11.5 Å². The fraction of sp³-hybridized carbons (Fsp3) is 0.316. The van der Waals surface area contributed by atoms with Crippen LogP contribution in [0.1, 0.15) is 31.9 Å². The molecule has 0 radical (unpaired) electrons. The molecule has 0 amide bonds. The van der Waals surface area contributed by atoms with Crippen molar-refractivity contribution in [3.8, 4) is 17.2 Å². The van der Waals surface area contributed by atoms with Crippen LogP contribution in [-0.4, -0.2) is 32.2 Å². The smallest absolute Gasteiger partial charge is 0.146 e. The molecule has 132 valence electrons. The van der Waals surface area contributed by atoms with Crippen molar-refractivity contribution in [2.45, 2.75) is 33.1 Å². The zero-order valence-corrected chi connectivity index (χ0v) is 16.0. The molecule has 6 heteroatoms. The van der Waals surface area contributed by atoms with Crippen molar-refractivity contribution in [3.05, 3.63) is 41.5 Å². The lowest BCUT2D eigenvalue weighted by atomic mass is 9.85. The number of aromatic nitrogens is 3. The molecule has 1 atom stereocenters. The minimum Gasteiger partial charge on any atom is -0.505 e. The first kappa shape index (κ1) is 17.5. The lowest BCUT2D eigenvalue weighted by molar-refractivity contribution is 0.440. The van der Waals surface area contributed by atoms with Gasteiger partial charge in [0.25, 0.3) is 0 Å². The molecule has 0 saturated heterocycles. The van der Waals surface area contributed by atoms with Crippen LogP contribution in [0, 0.1) is 6.92 Å². The lowest BCUT2D eigenvalue weighted by Crippen LogP contribution is -2.13. The first-order valence-electron chi connectivity index (χ1n) is 8.00. The van der Waals surface area contributed by atoms with Gasteiger partial charge >= 0.3 is 0 Å². The molecular weight excluding hydrogens is 334 g/mol. The molecule has 1 heterocycles. The van der Waals surface area contributed by atoms with Gasteiger partial charge in [0.1, 0.15) is 28.2 Å². The van der Waals surface area contributed by atoms with Crippen LogP contribution in [0.15, 0.2) is 30.3 Å². The Bertz CT molecular complexity index is 971. The number of nitrogens with zero attached hydrogens (tertiary/aromatic N) is 3. The molecule has 1 aromatic heterocycles. The first-order valence-corrected chi connectivity index (χ1v) is 9.73. The third kappa shape index (κ3) is 3.54. The number of aromatic hydroxyl groups is 1. The zero-order valence-electron chi connectivity index (χ0n) is 15.2. The molecular formula is C19H23N3O2S. The van der Waals surface area contributed by atoms with Gasteiger partial charge in [0, 0.05) is 17.9 Å². The SMILES string of the molecule is C=S(C)Oc1ccc2nn(-c3cc(C)cc(C(C)(C)C)c3O)nc2c1. The molecule has 0 saturated carbocycles. The maximum Gasteiger partial charge on any atom is 0.146 e. The highest BCUT2D eigenvalue weighted by Crippen LogP contribution is 2.36. The van der Waals surface area contributed by atoms with Crippen LogP contribution < -0.4 is 4.18 Å². The van der Waals surface area contributed by atoms with E-state index in [1.54, 1.807) is 0 Å². The Morgan fingerprint density at radius 2 is 1.80 bits per heavy atom. The average Bonchev–Trinajstić information content (AvgIpc) is 2.90. The van der Waals surface area contributed by atoms with E-state index < -0.39 is 10.8 Å². The summed E-state index contributed by atoms with van der Waals surface area (Å²) >= 11 is 0. The number of phenols is 1. The zero-order chi connectivity index (χ0) is 18.4. The van der Waals surface area contributed by atoms with E-state index in [0.717, 1.165) is 16.6 Å². The number of aryl methyl sites for hydroxylation is 1. The lowest BCUT2D eigenvalue weighted by Gasteiger charge is -2.22. The summed E-state index contributed by atoms with van der Waals surface area (Å²) in [6, 6.07) is 9.45. The quantitative estimate of drug-likeness (QED) is 0.708. The van der Waals surface area contributed by atoms with Crippen molar-refractivity contribution in [3.63, 3.8) is 0 Å². The van der Waals surface area contributed by atoms with E-state index in [1.165, 1.54) is 4.80 Å². The summed E-state index contributed by atoms with van der Waals surface area (Å²) in [6.07, 6.45) is 1.90. The van der Waals surface area contributed by atoms with Crippen molar-refractivity contribution in [2.24, 2.45) is 0 Å². The van der Waals surface area contributed by atoms with Gasteiger partial charge < -0.3 is 9.29 Å². The van der Waals surface area contributed by atoms with E-state index in [4.69, 9.17) is 4.18 Å². The van der Waals surface area contributed by atoms with E-state index in [0.29, 0.717) is 17.0 Å². The maximum atomic E-state index is 10.8. The summed E-state index contributed by atoms with van der Waals surface area (Å²) in [5, 5.41) is 19.8. The monoisotopic (exact) mass is 357 g/mol. The second kappa shape index (κ2) is 6.19. The molecule has 1 unspecified atom stereocenters. The first-order chi connectivity index (χ1) is 11.6. The van der Waals surface area contributed by atoms with Crippen molar-refractivity contribution in [1.82, 2.24) is 15.0 Å². The minimum absolute atomic E-state index is 0.177. The van der Waals surface area contributed by atoms with Crippen LogP contribution in [0.3, 0.4) is 0 Å². The van der Waals surface area contributed by atoms with Gasteiger partial charge in [0.15, 0.2) is 0 Å². The van der Waals surface area contributed by atoms with Gasteiger partial charge in [-0.15, -0.1) is 15.0 Å². The number of hydrogen-bond donors (Lipinski definition) is 1. The molecule has 0 aliphatic rings. The van der Waals surface area contributed by atoms with E-state index >= 15 is 0 Å². The molecule has 0 aliphatic heterocycles. The maximum absolute atomic E-state index is 10.8. The summed E-state index contributed by atoms with van der Waals surface area (Å²) in [6.45, 7) is 8.22. The molecule has 0 spiro atoms. The fourth-order valence-electron chi connectivity index (χ4n) is 2.70. The summed E-state index contributed by atoms with van der Waals surface area (Å²) in [5.41, 5.74) is 3.78.